The lowest BCUT2D eigenvalue weighted by Gasteiger charge is -2.17. The fourth-order valence-corrected chi connectivity index (χ4v) is 1.11. The van der Waals surface area contributed by atoms with E-state index in [4.69, 9.17) is 0 Å². The predicted molar refractivity (Wildman–Crippen MR) is 51.3 cm³/mol. The van der Waals surface area contributed by atoms with Crippen molar-refractivity contribution in [3.8, 4) is 0 Å². The Kier molecular flexibility index (Phi) is 6.92. The second-order valence-corrected chi connectivity index (χ2v) is 3.48. The molecule has 0 aromatic rings. The average molecular weight is 212 g/mol. The van der Waals surface area contributed by atoms with Gasteiger partial charge in [0.1, 0.15) is 0 Å². The number of nitrogens with one attached hydrogen (secondary N) is 1. The van der Waals surface area contributed by atoms with E-state index in [1.54, 1.807) is 11.9 Å². The molecule has 0 aromatic carbocycles. The Morgan fingerprint density at radius 3 is 2.29 bits per heavy atom. The lowest BCUT2D eigenvalue weighted by Crippen LogP contribution is -2.25. The van der Waals surface area contributed by atoms with Crippen molar-refractivity contribution in [3.05, 3.63) is 0 Å². The molecule has 0 aliphatic heterocycles. The number of nitrogens with zero attached hydrogens (tertiary/aromatic N) is 1. The fourth-order valence-electron chi connectivity index (χ4n) is 1.11. The van der Waals surface area contributed by atoms with Crippen LogP contribution >= 0.6 is 0 Å². The van der Waals surface area contributed by atoms with Gasteiger partial charge in [0.25, 0.3) is 0 Å². The molecule has 0 saturated carbocycles. The zero-order chi connectivity index (χ0) is 11.0. The number of rotatable bonds is 7. The van der Waals surface area contributed by atoms with Crippen LogP contribution in [0.1, 0.15) is 19.3 Å². The maximum absolute atomic E-state index is 11.8. The van der Waals surface area contributed by atoms with Crippen molar-refractivity contribution < 1.29 is 13.2 Å². The number of halogens is 3. The minimum absolute atomic E-state index is 0.100. The topological polar surface area (TPSA) is 15.3 Å². The molecule has 0 unspecified atom stereocenters. The summed E-state index contributed by atoms with van der Waals surface area (Å²) >= 11 is 0. The van der Waals surface area contributed by atoms with Crippen LogP contribution in [0.15, 0.2) is 0 Å². The summed E-state index contributed by atoms with van der Waals surface area (Å²) in [5.74, 6) is 0. The molecule has 86 valence electrons. The third-order valence-electron chi connectivity index (χ3n) is 1.99. The van der Waals surface area contributed by atoms with Gasteiger partial charge in [-0.15, -0.1) is 0 Å². The van der Waals surface area contributed by atoms with Gasteiger partial charge in [-0.25, -0.2) is 0 Å². The van der Waals surface area contributed by atoms with Gasteiger partial charge >= 0.3 is 6.18 Å². The highest BCUT2D eigenvalue weighted by Gasteiger charge is 2.26. The first-order chi connectivity index (χ1) is 6.45. The van der Waals surface area contributed by atoms with Gasteiger partial charge in [0, 0.05) is 6.54 Å². The minimum atomic E-state index is -4.03. The van der Waals surface area contributed by atoms with Crippen LogP contribution in [0.2, 0.25) is 0 Å². The van der Waals surface area contributed by atoms with Crippen LogP contribution in [-0.4, -0.2) is 44.8 Å². The monoisotopic (exact) mass is 212 g/mol. The molecule has 0 aliphatic carbocycles. The van der Waals surface area contributed by atoms with E-state index in [0.29, 0.717) is 0 Å². The molecule has 0 spiro atoms. The fraction of sp³-hybridized carbons (Fsp3) is 1.00. The first-order valence-corrected chi connectivity index (χ1v) is 4.85. The Labute approximate surface area is 83.5 Å². The molecule has 0 aliphatic rings. The second kappa shape index (κ2) is 7.06. The molecule has 0 aromatic heterocycles. The molecule has 0 amide bonds. The van der Waals surface area contributed by atoms with Gasteiger partial charge in [0.05, 0.1) is 6.42 Å². The molecule has 0 bridgehead atoms. The van der Waals surface area contributed by atoms with Crippen molar-refractivity contribution in [1.82, 2.24) is 10.2 Å². The Morgan fingerprint density at radius 2 is 1.79 bits per heavy atom. The highest BCUT2D eigenvalue weighted by atomic mass is 19.4. The van der Waals surface area contributed by atoms with E-state index in [1.807, 2.05) is 7.05 Å². The van der Waals surface area contributed by atoms with E-state index >= 15 is 0 Å². The third kappa shape index (κ3) is 9.80. The van der Waals surface area contributed by atoms with Gasteiger partial charge in [-0.1, -0.05) is 0 Å². The minimum Gasteiger partial charge on any atom is -0.320 e. The maximum atomic E-state index is 11.8. The number of hydrogen-bond donors (Lipinski definition) is 1. The summed E-state index contributed by atoms with van der Waals surface area (Å²) in [6.45, 7) is 1.76. The second-order valence-electron chi connectivity index (χ2n) is 3.48. The molecular formula is C9H19F3N2. The maximum Gasteiger partial charge on any atom is 0.390 e. The summed E-state index contributed by atoms with van der Waals surface area (Å²) in [6.07, 6.45) is -2.79. The van der Waals surface area contributed by atoms with E-state index in [9.17, 15) is 13.2 Å². The highest BCUT2D eigenvalue weighted by molar-refractivity contribution is 4.57. The predicted octanol–water partition coefficient (Wildman–Crippen LogP) is 1.87. The Hall–Kier alpha value is -0.290. The molecular weight excluding hydrogens is 193 g/mol. The smallest absolute Gasteiger partial charge is 0.320 e. The van der Waals surface area contributed by atoms with Crippen molar-refractivity contribution in [1.29, 1.82) is 0 Å². The summed E-state index contributed by atoms with van der Waals surface area (Å²) < 4.78 is 35.5. The van der Waals surface area contributed by atoms with Crippen LogP contribution in [0, 0.1) is 0 Å². The molecule has 1 N–H and O–H groups in total. The van der Waals surface area contributed by atoms with E-state index < -0.39 is 12.6 Å². The van der Waals surface area contributed by atoms with Crippen LogP contribution in [0.3, 0.4) is 0 Å². The summed E-state index contributed by atoms with van der Waals surface area (Å²) in [6, 6.07) is 0. The van der Waals surface area contributed by atoms with Crippen molar-refractivity contribution in [2.45, 2.75) is 25.4 Å². The van der Waals surface area contributed by atoms with Crippen LogP contribution in [-0.2, 0) is 0 Å². The standard InChI is InChI=1S/C9H19F3N2/c1-13-6-3-4-7-14(2)8-5-9(10,11)12/h13H,3-8H2,1-2H3. The van der Waals surface area contributed by atoms with Gasteiger partial charge in [-0.05, 0) is 40.0 Å². The molecule has 0 heterocycles. The zero-order valence-electron chi connectivity index (χ0n) is 8.82. The molecule has 14 heavy (non-hydrogen) atoms. The van der Waals surface area contributed by atoms with Gasteiger partial charge < -0.3 is 10.2 Å². The molecule has 0 radical (unpaired) electrons. The Bertz CT molecular complexity index is 137. The largest absolute Gasteiger partial charge is 0.390 e. The van der Waals surface area contributed by atoms with Crippen LogP contribution in [0.4, 0.5) is 13.2 Å². The van der Waals surface area contributed by atoms with E-state index in [-0.39, 0.29) is 6.54 Å². The molecule has 0 fully saturated rings. The van der Waals surface area contributed by atoms with Crippen molar-refractivity contribution in [3.63, 3.8) is 0 Å². The van der Waals surface area contributed by atoms with E-state index in [1.165, 1.54) is 0 Å². The first-order valence-electron chi connectivity index (χ1n) is 4.85. The lowest BCUT2D eigenvalue weighted by atomic mass is 10.3. The quantitative estimate of drug-likeness (QED) is 0.648. The highest BCUT2D eigenvalue weighted by Crippen LogP contribution is 2.19. The van der Waals surface area contributed by atoms with Crippen molar-refractivity contribution >= 4 is 0 Å². The summed E-state index contributed by atoms with van der Waals surface area (Å²) in [5.41, 5.74) is 0. The van der Waals surface area contributed by atoms with Gasteiger partial charge in [-0.2, -0.15) is 13.2 Å². The van der Waals surface area contributed by atoms with E-state index in [0.717, 1.165) is 25.9 Å². The van der Waals surface area contributed by atoms with Gasteiger partial charge in [0.2, 0.25) is 0 Å². The Morgan fingerprint density at radius 1 is 1.14 bits per heavy atom. The number of alkyl halides is 3. The third-order valence-corrected chi connectivity index (χ3v) is 1.99. The number of unbranched alkanes of at least 4 members (excludes halogenated alkanes) is 1. The normalized spacial score (nSPS) is 12.4. The van der Waals surface area contributed by atoms with Gasteiger partial charge in [-0.3, -0.25) is 0 Å². The van der Waals surface area contributed by atoms with Crippen LogP contribution in [0.25, 0.3) is 0 Å². The molecule has 0 rings (SSSR count). The van der Waals surface area contributed by atoms with Crippen LogP contribution in [0.5, 0.6) is 0 Å². The summed E-state index contributed by atoms with van der Waals surface area (Å²) in [5, 5.41) is 3.00. The van der Waals surface area contributed by atoms with Gasteiger partial charge in [0.15, 0.2) is 0 Å². The molecule has 0 saturated heterocycles. The van der Waals surface area contributed by atoms with Crippen LogP contribution < -0.4 is 5.32 Å². The average Bonchev–Trinajstić information content (AvgIpc) is 2.08. The van der Waals surface area contributed by atoms with Crippen molar-refractivity contribution in [2.24, 2.45) is 0 Å². The van der Waals surface area contributed by atoms with E-state index in [2.05, 4.69) is 5.32 Å². The summed E-state index contributed by atoms with van der Waals surface area (Å²) in [7, 11) is 3.60. The molecule has 5 heteroatoms. The Balaban J connectivity index is 3.32. The zero-order valence-corrected chi connectivity index (χ0v) is 8.82. The summed E-state index contributed by atoms with van der Waals surface area (Å²) in [4.78, 5) is 1.73. The van der Waals surface area contributed by atoms with Crippen molar-refractivity contribution in [2.75, 3.05) is 33.7 Å². The molecule has 2 nitrogen and oxygen atoms in total. The first kappa shape index (κ1) is 13.7. The molecule has 0 atom stereocenters. The SMILES string of the molecule is CNCCCCN(C)CCC(F)(F)F. The lowest BCUT2D eigenvalue weighted by molar-refractivity contribution is -0.137. The number of hydrogen-bond acceptors (Lipinski definition) is 2.